The molecule has 0 spiro atoms. The molecule has 15 heteroatoms. The first kappa shape index (κ1) is 29.6. The Balaban J connectivity index is 2.40. The van der Waals surface area contributed by atoms with Crippen molar-refractivity contribution in [1.29, 1.82) is 0 Å². The molecular weight excluding hydrogens is 510 g/mol. The van der Waals surface area contributed by atoms with Crippen molar-refractivity contribution in [2.75, 3.05) is 17.8 Å². The number of carbonyl (C=O) groups excluding carboxylic acids is 3. The summed E-state index contributed by atoms with van der Waals surface area (Å²) in [5, 5.41) is 14.3. The Hall–Kier alpha value is -3.62. The summed E-state index contributed by atoms with van der Waals surface area (Å²) in [5.41, 5.74) is -1.84. The average Bonchev–Trinajstić information content (AvgIpc) is 3.12. The number of carboxylic acid groups (broad SMARTS) is 1. The van der Waals surface area contributed by atoms with Crippen LogP contribution in [0.15, 0.2) is 24.4 Å². The number of nitrogens with one attached hydrogen (secondary N) is 3. The number of amides is 3. The Bertz CT molecular complexity index is 1130. The van der Waals surface area contributed by atoms with Crippen molar-refractivity contribution in [3.63, 3.8) is 0 Å². The molecule has 1 aliphatic heterocycles. The summed E-state index contributed by atoms with van der Waals surface area (Å²) in [6, 6.07) is 2.78. The number of rotatable bonds is 7. The van der Waals surface area contributed by atoms with Crippen LogP contribution in [0.2, 0.25) is 0 Å². The number of pyridine rings is 1. The molecule has 3 amide bonds. The summed E-state index contributed by atoms with van der Waals surface area (Å²) < 4.78 is 39.7. The zero-order valence-corrected chi connectivity index (χ0v) is 22.3. The molecule has 1 aromatic rings. The highest BCUT2D eigenvalue weighted by molar-refractivity contribution is 7.94. The lowest BCUT2D eigenvalue weighted by molar-refractivity contribution is -0.142. The Labute approximate surface area is 215 Å². The number of hydrogen-bond donors (Lipinski definition) is 4. The normalized spacial score (nSPS) is 20.1. The van der Waals surface area contributed by atoms with Crippen LogP contribution in [0, 0.1) is 0 Å². The summed E-state index contributed by atoms with van der Waals surface area (Å²) in [4.78, 5) is 51.9. The Kier molecular flexibility index (Phi) is 8.63. The topological polar surface area (TPSA) is 193 Å². The summed E-state index contributed by atoms with van der Waals surface area (Å²) in [7, 11) is -4.61. The first-order valence-electron chi connectivity index (χ1n) is 11.3. The zero-order valence-electron chi connectivity index (χ0n) is 21.5. The van der Waals surface area contributed by atoms with Gasteiger partial charge in [-0.1, -0.05) is 6.07 Å². The van der Waals surface area contributed by atoms with Crippen molar-refractivity contribution in [1.82, 2.24) is 20.5 Å². The van der Waals surface area contributed by atoms with Gasteiger partial charge in [0.1, 0.15) is 29.6 Å². The fraction of sp³-hybridized carbons (Fsp3) is 0.591. The van der Waals surface area contributed by atoms with Crippen molar-refractivity contribution >= 4 is 39.9 Å². The lowest BCUT2D eigenvalue weighted by Crippen LogP contribution is -2.60. The minimum Gasteiger partial charge on any atom is -0.480 e. The van der Waals surface area contributed by atoms with Crippen molar-refractivity contribution in [3.05, 3.63) is 24.4 Å². The summed E-state index contributed by atoms with van der Waals surface area (Å²) in [6.45, 7) is 8.11. The fourth-order valence-electron chi connectivity index (χ4n) is 3.38. The SMILES string of the molecule is CC(C)(C)OC(=O)NCC(=O)NC1(S(=O)(=O)Nc2ccccn2)C[C@@H](C(=O)O)N(C(=O)OC(C)(C)C)C1. The van der Waals surface area contributed by atoms with Crippen molar-refractivity contribution in [2.45, 2.75) is 70.1 Å². The van der Waals surface area contributed by atoms with Crippen LogP contribution in [0.25, 0.3) is 0 Å². The molecule has 0 bridgehead atoms. The molecule has 14 nitrogen and oxygen atoms in total. The second-order valence-corrected chi connectivity index (χ2v) is 12.4. The number of carbonyl (C=O) groups is 4. The number of alkyl carbamates (subject to hydrolysis) is 1. The molecule has 2 atom stereocenters. The maximum absolute atomic E-state index is 13.6. The molecular formula is C22H33N5O9S. The largest absolute Gasteiger partial charge is 0.480 e. The maximum atomic E-state index is 13.6. The Morgan fingerprint density at radius 3 is 2.24 bits per heavy atom. The number of carboxylic acids is 1. The van der Waals surface area contributed by atoms with Crippen LogP contribution in [-0.4, -0.2) is 82.7 Å². The second kappa shape index (κ2) is 10.8. The summed E-state index contributed by atoms with van der Waals surface area (Å²) in [5.74, 6) is -2.56. The number of anilines is 1. The smallest absolute Gasteiger partial charge is 0.411 e. The predicted octanol–water partition coefficient (Wildman–Crippen LogP) is 1.25. The minimum absolute atomic E-state index is 0.0920. The Morgan fingerprint density at radius 1 is 1.11 bits per heavy atom. The molecule has 206 valence electrons. The average molecular weight is 544 g/mol. The van der Waals surface area contributed by atoms with E-state index in [1.807, 2.05) is 0 Å². The number of hydrogen-bond acceptors (Lipinski definition) is 9. The molecule has 2 heterocycles. The quantitative estimate of drug-likeness (QED) is 0.389. The number of aromatic nitrogens is 1. The standard InChI is InChI=1S/C22H33N5O9S/c1-20(2,3)35-18(31)24-12-16(28)25-22(37(33,34)26-15-9-7-8-10-23-15)11-14(17(29)30)27(13-22)19(32)36-21(4,5)6/h7-10,14H,11-13H2,1-6H3,(H,23,26)(H,24,31)(H,25,28)(H,29,30)/t14-,22?/m0/s1. The van der Waals surface area contributed by atoms with E-state index in [1.54, 1.807) is 47.6 Å². The molecule has 1 unspecified atom stereocenters. The van der Waals surface area contributed by atoms with Gasteiger partial charge in [-0.2, -0.15) is 0 Å². The van der Waals surface area contributed by atoms with Gasteiger partial charge in [-0.25, -0.2) is 27.8 Å². The number of ether oxygens (including phenoxy) is 2. The van der Waals surface area contributed by atoms with Gasteiger partial charge in [-0.15, -0.1) is 0 Å². The lowest BCUT2D eigenvalue weighted by atomic mass is 10.1. The molecule has 1 aromatic heterocycles. The van der Waals surface area contributed by atoms with E-state index in [0.29, 0.717) is 0 Å². The van der Waals surface area contributed by atoms with Crippen LogP contribution < -0.4 is 15.4 Å². The van der Waals surface area contributed by atoms with E-state index in [1.165, 1.54) is 18.3 Å². The van der Waals surface area contributed by atoms with Gasteiger partial charge in [-0.3, -0.25) is 14.4 Å². The second-order valence-electron chi connectivity index (χ2n) is 10.4. The van der Waals surface area contributed by atoms with E-state index in [2.05, 4.69) is 20.3 Å². The van der Waals surface area contributed by atoms with Gasteiger partial charge in [0.05, 0.1) is 6.54 Å². The number of sulfonamides is 1. The molecule has 1 saturated heterocycles. The molecule has 4 N–H and O–H groups in total. The van der Waals surface area contributed by atoms with Crippen LogP contribution in [0.4, 0.5) is 15.4 Å². The third-order valence-corrected chi connectivity index (χ3v) is 6.72. The number of nitrogens with zero attached hydrogens (tertiary/aromatic N) is 2. The highest BCUT2D eigenvalue weighted by Crippen LogP contribution is 2.34. The van der Waals surface area contributed by atoms with E-state index < -0.39 is 75.7 Å². The third-order valence-electron chi connectivity index (χ3n) is 4.82. The van der Waals surface area contributed by atoms with E-state index in [0.717, 1.165) is 4.90 Å². The molecule has 0 aromatic carbocycles. The van der Waals surface area contributed by atoms with Crippen LogP contribution in [0.1, 0.15) is 48.0 Å². The van der Waals surface area contributed by atoms with Gasteiger partial charge in [0.15, 0.2) is 4.87 Å². The summed E-state index contributed by atoms with van der Waals surface area (Å²) >= 11 is 0. The highest BCUT2D eigenvalue weighted by atomic mass is 32.2. The van der Waals surface area contributed by atoms with Crippen molar-refractivity contribution in [3.8, 4) is 0 Å². The van der Waals surface area contributed by atoms with E-state index >= 15 is 0 Å². The molecule has 0 aliphatic carbocycles. The summed E-state index contributed by atoms with van der Waals surface area (Å²) in [6.07, 6.45) is -1.37. The fourth-order valence-corrected chi connectivity index (χ4v) is 4.91. The molecule has 2 rings (SSSR count). The third kappa shape index (κ3) is 8.20. The predicted molar refractivity (Wildman–Crippen MR) is 131 cm³/mol. The highest BCUT2D eigenvalue weighted by Gasteiger charge is 2.58. The van der Waals surface area contributed by atoms with Crippen LogP contribution in [-0.2, 0) is 29.1 Å². The Morgan fingerprint density at radius 2 is 1.73 bits per heavy atom. The molecule has 1 aliphatic rings. The maximum Gasteiger partial charge on any atom is 0.411 e. The van der Waals surface area contributed by atoms with Gasteiger partial charge < -0.3 is 25.2 Å². The van der Waals surface area contributed by atoms with Crippen LogP contribution in [0.5, 0.6) is 0 Å². The lowest BCUT2D eigenvalue weighted by Gasteiger charge is -2.31. The molecule has 37 heavy (non-hydrogen) atoms. The molecule has 0 radical (unpaired) electrons. The number of aliphatic carboxylic acids is 1. The first-order chi connectivity index (χ1) is 16.8. The van der Waals surface area contributed by atoms with E-state index in [9.17, 15) is 32.7 Å². The van der Waals surface area contributed by atoms with Gasteiger partial charge in [0.25, 0.3) is 10.0 Å². The molecule has 1 fully saturated rings. The van der Waals surface area contributed by atoms with Gasteiger partial charge in [0, 0.05) is 12.6 Å². The zero-order chi connectivity index (χ0) is 28.2. The van der Waals surface area contributed by atoms with Gasteiger partial charge in [0.2, 0.25) is 5.91 Å². The minimum atomic E-state index is -4.61. The van der Waals surface area contributed by atoms with Crippen molar-refractivity contribution < 1.29 is 42.2 Å². The number of likely N-dealkylation sites (tertiary alicyclic amines) is 1. The van der Waals surface area contributed by atoms with E-state index in [-0.39, 0.29) is 5.82 Å². The molecule has 0 saturated carbocycles. The van der Waals surface area contributed by atoms with E-state index in [4.69, 9.17) is 9.47 Å². The van der Waals surface area contributed by atoms with Gasteiger partial charge >= 0.3 is 18.2 Å². The van der Waals surface area contributed by atoms with Crippen LogP contribution in [0.3, 0.4) is 0 Å². The monoisotopic (exact) mass is 543 g/mol. The van der Waals surface area contributed by atoms with Crippen LogP contribution >= 0.6 is 0 Å². The van der Waals surface area contributed by atoms with Gasteiger partial charge in [-0.05, 0) is 53.7 Å². The first-order valence-corrected chi connectivity index (χ1v) is 12.8. The van der Waals surface area contributed by atoms with Crippen molar-refractivity contribution in [2.24, 2.45) is 0 Å².